The topological polar surface area (TPSA) is 74.5 Å². The normalized spacial score (nSPS) is 12.2. The molecule has 118 valence electrons. The molecule has 0 unspecified atom stereocenters. The van der Waals surface area contributed by atoms with E-state index in [1.54, 1.807) is 6.07 Å². The summed E-state index contributed by atoms with van der Waals surface area (Å²) in [5.41, 5.74) is -5.43. The van der Waals surface area contributed by atoms with E-state index in [4.69, 9.17) is 11.6 Å². The molecule has 0 heterocycles. The van der Waals surface area contributed by atoms with E-state index in [2.05, 4.69) is 9.46 Å². The van der Waals surface area contributed by atoms with Gasteiger partial charge < -0.3 is 9.46 Å². The smallest absolute Gasteiger partial charge is 0.480 e. The van der Waals surface area contributed by atoms with Crippen LogP contribution in [0.4, 0.5) is 13.2 Å². The van der Waals surface area contributed by atoms with Crippen LogP contribution in [0, 0.1) is 3.57 Å². The van der Waals surface area contributed by atoms with Crippen molar-refractivity contribution in [2.45, 2.75) is 5.51 Å². The molecule has 0 atom stereocenters. The van der Waals surface area contributed by atoms with E-state index in [1.807, 2.05) is 22.6 Å². The van der Waals surface area contributed by atoms with Gasteiger partial charge in [-0.05, 0) is 40.8 Å². The largest absolute Gasteiger partial charge is 0.538 e. The lowest BCUT2D eigenvalue weighted by atomic mass is 10.2. The number of alkyl halides is 3. The molecule has 21 heavy (non-hydrogen) atoms. The Kier molecular flexibility index (Phi) is 6.25. The molecule has 0 saturated heterocycles. The van der Waals surface area contributed by atoms with Gasteiger partial charge in [-0.25, -0.2) is 13.2 Å². The Bertz CT molecular complexity index is 636. The number of halogens is 5. The Hall–Kier alpha value is -0.590. The summed E-state index contributed by atoms with van der Waals surface area (Å²) in [5, 5.41) is 0.111. The van der Waals surface area contributed by atoms with Gasteiger partial charge in [0.25, 0.3) is 0 Å². The minimum atomic E-state index is -5.57. The zero-order valence-corrected chi connectivity index (χ0v) is 13.8. The quantitative estimate of drug-likeness (QED) is 0.387. The third-order valence-electron chi connectivity index (χ3n) is 2.03. The first kappa shape index (κ1) is 18.5. The summed E-state index contributed by atoms with van der Waals surface area (Å²) in [5.74, 6) is -0.877. The molecule has 0 aliphatic carbocycles. The Balaban J connectivity index is 2.54. The highest BCUT2D eigenvalue weighted by Crippen LogP contribution is 2.27. The standard InChI is InChI=1S/C10H7ClF3INO4S/c11-8-2-1-6(15)5-7(8)9(17)20-4-3-16-21(18,19)10(12,13)14/h1-2,5H,3-4H2/q-1. The number of hydrogen-bond acceptors (Lipinski definition) is 4. The molecule has 0 amide bonds. The minimum Gasteiger partial charge on any atom is -0.538 e. The zero-order valence-electron chi connectivity index (χ0n) is 10.0. The number of benzene rings is 1. The first-order valence-electron chi connectivity index (χ1n) is 5.17. The lowest BCUT2D eigenvalue weighted by Gasteiger charge is -2.21. The van der Waals surface area contributed by atoms with Crippen LogP contribution in [0.2, 0.25) is 5.02 Å². The summed E-state index contributed by atoms with van der Waals surface area (Å²) in [6.45, 7) is -1.44. The predicted octanol–water partition coefficient (Wildman–Crippen LogP) is 3.32. The minimum absolute atomic E-state index is 0.0299. The van der Waals surface area contributed by atoms with Crippen molar-refractivity contribution >= 4 is 50.2 Å². The Labute approximate surface area is 137 Å². The predicted molar refractivity (Wildman–Crippen MR) is 77.7 cm³/mol. The molecule has 0 aliphatic heterocycles. The van der Waals surface area contributed by atoms with Crippen molar-refractivity contribution in [3.8, 4) is 0 Å². The number of esters is 1. The van der Waals surface area contributed by atoms with Gasteiger partial charge in [-0.2, -0.15) is 13.2 Å². The van der Waals surface area contributed by atoms with Crippen LogP contribution in [0.25, 0.3) is 4.72 Å². The summed E-state index contributed by atoms with van der Waals surface area (Å²) < 4.78 is 64.9. The van der Waals surface area contributed by atoms with Crippen molar-refractivity contribution in [2.24, 2.45) is 0 Å². The van der Waals surface area contributed by atoms with E-state index in [1.165, 1.54) is 12.1 Å². The molecule has 0 aliphatic rings. The number of rotatable bonds is 5. The van der Waals surface area contributed by atoms with E-state index < -0.39 is 34.7 Å². The summed E-state index contributed by atoms with van der Waals surface area (Å²) >= 11 is 7.69. The fourth-order valence-corrected chi connectivity index (χ4v) is 2.25. The summed E-state index contributed by atoms with van der Waals surface area (Å²) in [7, 11) is -5.57. The summed E-state index contributed by atoms with van der Waals surface area (Å²) in [6, 6.07) is 4.53. The van der Waals surface area contributed by atoms with Crippen molar-refractivity contribution in [2.75, 3.05) is 13.2 Å². The average Bonchev–Trinajstić information content (AvgIpc) is 2.36. The maximum absolute atomic E-state index is 12.0. The van der Waals surface area contributed by atoms with Crippen molar-refractivity contribution in [3.05, 3.63) is 37.1 Å². The van der Waals surface area contributed by atoms with Crippen LogP contribution in [0.15, 0.2) is 18.2 Å². The van der Waals surface area contributed by atoms with Crippen molar-refractivity contribution in [1.29, 1.82) is 0 Å². The molecule has 1 aromatic rings. The Morgan fingerprint density at radius 3 is 2.57 bits per heavy atom. The van der Waals surface area contributed by atoms with Crippen LogP contribution in [0.3, 0.4) is 0 Å². The molecule has 1 aromatic carbocycles. The van der Waals surface area contributed by atoms with E-state index >= 15 is 0 Å². The SMILES string of the molecule is O=C(OCC[N-]S(=O)(=O)C(F)(F)F)c1cc(I)ccc1Cl. The molecule has 0 aromatic heterocycles. The number of sulfonamides is 1. The second-order valence-electron chi connectivity index (χ2n) is 3.53. The van der Waals surface area contributed by atoms with Gasteiger partial charge in [0.05, 0.1) is 17.2 Å². The molecule has 0 bridgehead atoms. The second-order valence-corrected chi connectivity index (χ2v) is 6.86. The van der Waals surface area contributed by atoms with Gasteiger partial charge in [-0.15, -0.1) is 6.54 Å². The number of ether oxygens (including phenoxy) is 1. The first-order chi connectivity index (χ1) is 9.54. The first-order valence-corrected chi connectivity index (χ1v) is 8.06. The zero-order chi connectivity index (χ0) is 16.3. The number of nitrogens with zero attached hydrogens (tertiary/aromatic N) is 1. The van der Waals surface area contributed by atoms with Crippen molar-refractivity contribution < 1.29 is 31.1 Å². The Morgan fingerprint density at radius 1 is 1.38 bits per heavy atom. The van der Waals surface area contributed by atoms with Gasteiger partial charge in [0.15, 0.2) is 10.0 Å². The van der Waals surface area contributed by atoms with Gasteiger partial charge in [0.1, 0.15) is 0 Å². The molecule has 0 N–H and O–H groups in total. The fourth-order valence-electron chi connectivity index (χ4n) is 1.10. The maximum Gasteiger partial charge on any atom is 0.480 e. The van der Waals surface area contributed by atoms with Crippen LogP contribution in [0.1, 0.15) is 10.4 Å². The molecule has 0 fully saturated rings. The van der Waals surface area contributed by atoms with E-state index in [0.29, 0.717) is 3.57 Å². The molecule has 0 radical (unpaired) electrons. The van der Waals surface area contributed by atoms with Crippen LogP contribution in [-0.4, -0.2) is 33.0 Å². The Morgan fingerprint density at radius 2 is 2.00 bits per heavy atom. The molecule has 0 saturated carbocycles. The third kappa shape index (κ3) is 5.27. The van der Waals surface area contributed by atoms with E-state index in [-0.39, 0.29) is 10.6 Å². The highest BCUT2D eigenvalue weighted by atomic mass is 127. The van der Waals surface area contributed by atoms with E-state index in [9.17, 15) is 26.4 Å². The molecule has 1 rings (SSSR count). The van der Waals surface area contributed by atoms with Gasteiger partial charge in [0.2, 0.25) is 0 Å². The van der Waals surface area contributed by atoms with Gasteiger partial charge >= 0.3 is 11.5 Å². The monoisotopic (exact) mass is 456 g/mol. The van der Waals surface area contributed by atoms with Gasteiger partial charge in [-0.1, -0.05) is 11.6 Å². The van der Waals surface area contributed by atoms with Crippen LogP contribution >= 0.6 is 34.2 Å². The summed E-state index contributed by atoms with van der Waals surface area (Å²) in [4.78, 5) is 11.6. The number of carbonyl (C=O) groups excluding carboxylic acids is 1. The maximum atomic E-state index is 12.0. The lowest BCUT2D eigenvalue weighted by molar-refractivity contribution is -0.0427. The number of hydrogen-bond donors (Lipinski definition) is 0. The van der Waals surface area contributed by atoms with Gasteiger partial charge in [-0.3, -0.25) is 0 Å². The molecular weight excluding hydrogens is 450 g/mol. The highest BCUT2D eigenvalue weighted by molar-refractivity contribution is 14.1. The van der Waals surface area contributed by atoms with Crippen molar-refractivity contribution in [1.82, 2.24) is 0 Å². The molecular formula is C10H7ClF3INO4S-. The van der Waals surface area contributed by atoms with Gasteiger partial charge in [0, 0.05) is 3.57 Å². The fraction of sp³-hybridized carbons (Fsp3) is 0.300. The number of carbonyl (C=O) groups is 1. The average molecular weight is 457 g/mol. The lowest BCUT2D eigenvalue weighted by Crippen LogP contribution is -2.23. The van der Waals surface area contributed by atoms with E-state index in [0.717, 1.165) is 0 Å². The van der Waals surface area contributed by atoms with Crippen LogP contribution in [-0.2, 0) is 14.8 Å². The second kappa shape index (κ2) is 7.11. The molecule has 11 heteroatoms. The van der Waals surface area contributed by atoms with Crippen LogP contribution < -0.4 is 0 Å². The summed E-state index contributed by atoms with van der Waals surface area (Å²) in [6.07, 6.45) is 0. The molecule has 0 spiro atoms. The third-order valence-corrected chi connectivity index (χ3v) is 4.13. The highest BCUT2D eigenvalue weighted by Gasteiger charge is 2.38. The van der Waals surface area contributed by atoms with Crippen molar-refractivity contribution in [3.63, 3.8) is 0 Å². The molecule has 5 nitrogen and oxygen atoms in total. The van der Waals surface area contributed by atoms with Crippen LogP contribution in [0.5, 0.6) is 0 Å².